The van der Waals surface area contributed by atoms with Crippen LogP contribution >= 0.6 is 0 Å². The van der Waals surface area contributed by atoms with Crippen molar-refractivity contribution in [3.8, 4) is 0 Å². The quantitative estimate of drug-likeness (QED) is 0.0418. The number of esters is 1. The van der Waals surface area contributed by atoms with Gasteiger partial charge < -0.3 is 20.3 Å². The number of ether oxygens (including phenoxy) is 1. The molecule has 1 amide bonds. The highest BCUT2D eigenvalue weighted by Gasteiger charge is 2.20. The van der Waals surface area contributed by atoms with Gasteiger partial charge in [0, 0.05) is 12.8 Å². The summed E-state index contributed by atoms with van der Waals surface area (Å²) in [5.41, 5.74) is 0. The molecule has 0 aromatic carbocycles. The van der Waals surface area contributed by atoms with Crippen LogP contribution in [0.15, 0.2) is 0 Å². The van der Waals surface area contributed by atoms with Crippen molar-refractivity contribution < 1.29 is 24.5 Å². The summed E-state index contributed by atoms with van der Waals surface area (Å²) in [5, 5.41) is 23.3. The summed E-state index contributed by atoms with van der Waals surface area (Å²) < 4.78 is 5.46. The normalized spacial score (nSPS) is 12.5. The van der Waals surface area contributed by atoms with E-state index in [-0.39, 0.29) is 18.5 Å². The Kier molecular flexibility index (Phi) is 52.5. The van der Waals surface area contributed by atoms with Crippen LogP contribution in [0.2, 0.25) is 0 Å². The summed E-state index contributed by atoms with van der Waals surface area (Å²) >= 11 is 0. The Hall–Kier alpha value is -1.14. The van der Waals surface area contributed by atoms with Crippen molar-refractivity contribution in [1.29, 1.82) is 0 Å². The number of unbranched alkanes of at least 4 members (excludes halogenated alkanes) is 43. The maximum absolute atomic E-state index is 12.5. The van der Waals surface area contributed by atoms with Gasteiger partial charge in [-0.2, -0.15) is 0 Å². The minimum Gasteiger partial charge on any atom is -0.466 e. The summed E-state index contributed by atoms with van der Waals surface area (Å²) in [6.07, 6.45) is 60.9. The lowest BCUT2D eigenvalue weighted by Gasteiger charge is -2.22. The van der Waals surface area contributed by atoms with Gasteiger partial charge >= 0.3 is 5.97 Å². The molecule has 2 atom stereocenters. The maximum atomic E-state index is 12.5. The van der Waals surface area contributed by atoms with Crippen molar-refractivity contribution in [3.63, 3.8) is 0 Å². The van der Waals surface area contributed by atoms with Gasteiger partial charge in [-0.1, -0.05) is 290 Å². The SMILES string of the molecule is CCCCCCCCCCCCCCCCCCCCCCCCCC(O)C(CO)NC(=O)CCCCCCCCCCCOC(=O)CCCCCCCCCCCCCCCC. The molecule has 0 bridgehead atoms. The third kappa shape index (κ3) is 50.1. The molecule has 2 unspecified atom stereocenters. The largest absolute Gasteiger partial charge is 0.466 e. The van der Waals surface area contributed by atoms with E-state index in [9.17, 15) is 19.8 Å². The average molecular weight is 893 g/mol. The Morgan fingerprint density at radius 3 is 0.968 bits per heavy atom. The fraction of sp³-hybridized carbons (Fsp3) is 0.965. The Morgan fingerprint density at radius 2 is 0.651 bits per heavy atom. The van der Waals surface area contributed by atoms with Gasteiger partial charge in [0.25, 0.3) is 0 Å². The molecule has 3 N–H and O–H groups in total. The molecule has 0 spiro atoms. The standard InChI is InChI=1S/C57H113NO5/c1-3-5-7-9-11-13-15-17-19-20-21-22-23-24-25-26-27-28-30-33-37-41-45-49-55(60)54(53-59)58-56(61)50-46-42-38-34-32-36-40-44-48-52-63-57(62)51-47-43-39-35-31-29-18-16-14-12-10-8-6-4-2/h54-55,59-60H,3-53H2,1-2H3,(H,58,61). The molecular formula is C57H113NO5. The third-order valence-corrected chi connectivity index (χ3v) is 13.7. The fourth-order valence-corrected chi connectivity index (χ4v) is 9.23. The zero-order valence-electron chi connectivity index (χ0n) is 42.8. The summed E-state index contributed by atoms with van der Waals surface area (Å²) in [4.78, 5) is 24.5. The maximum Gasteiger partial charge on any atom is 0.305 e. The number of carbonyl (C=O) groups excluding carboxylic acids is 2. The zero-order valence-corrected chi connectivity index (χ0v) is 42.8. The first-order valence-corrected chi connectivity index (χ1v) is 28.8. The number of aliphatic hydroxyl groups is 2. The van der Waals surface area contributed by atoms with Gasteiger partial charge in [0.1, 0.15) is 0 Å². The summed E-state index contributed by atoms with van der Waals surface area (Å²) in [5.74, 6) is -0.0787. The van der Waals surface area contributed by atoms with Gasteiger partial charge in [0.05, 0.1) is 25.4 Å². The Morgan fingerprint density at radius 1 is 0.381 bits per heavy atom. The average Bonchev–Trinajstić information content (AvgIpc) is 3.28. The molecule has 376 valence electrons. The lowest BCUT2D eigenvalue weighted by molar-refractivity contribution is -0.143. The smallest absolute Gasteiger partial charge is 0.305 e. The van der Waals surface area contributed by atoms with Crippen LogP contribution in [0.4, 0.5) is 0 Å². The molecule has 0 fully saturated rings. The van der Waals surface area contributed by atoms with Crippen molar-refractivity contribution in [2.75, 3.05) is 13.2 Å². The first-order valence-electron chi connectivity index (χ1n) is 28.8. The predicted molar refractivity (Wildman–Crippen MR) is 274 cm³/mol. The van der Waals surface area contributed by atoms with Crippen LogP contribution in [0.3, 0.4) is 0 Å². The molecule has 0 heterocycles. The summed E-state index contributed by atoms with van der Waals surface area (Å²) in [6, 6.07) is -0.561. The monoisotopic (exact) mass is 892 g/mol. The molecule has 0 rings (SSSR count). The van der Waals surface area contributed by atoms with Crippen molar-refractivity contribution in [2.45, 2.75) is 341 Å². The first-order chi connectivity index (χ1) is 31.0. The number of hydrogen-bond donors (Lipinski definition) is 3. The van der Waals surface area contributed by atoms with Gasteiger partial charge in [-0.05, 0) is 25.7 Å². The van der Waals surface area contributed by atoms with Crippen molar-refractivity contribution in [3.05, 3.63) is 0 Å². The van der Waals surface area contributed by atoms with E-state index in [2.05, 4.69) is 19.2 Å². The molecular weight excluding hydrogens is 779 g/mol. The van der Waals surface area contributed by atoms with E-state index in [0.29, 0.717) is 25.9 Å². The highest BCUT2D eigenvalue weighted by molar-refractivity contribution is 5.76. The highest BCUT2D eigenvalue weighted by atomic mass is 16.5. The third-order valence-electron chi connectivity index (χ3n) is 13.7. The van der Waals surface area contributed by atoms with Crippen LogP contribution in [0.5, 0.6) is 0 Å². The number of carbonyl (C=O) groups is 2. The van der Waals surface area contributed by atoms with Crippen LogP contribution in [0.1, 0.15) is 328 Å². The van der Waals surface area contributed by atoms with Crippen molar-refractivity contribution >= 4 is 11.9 Å². The topological polar surface area (TPSA) is 95.9 Å². The van der Waals surface area contributed by atoms with Crippen LogP contribution in [-0.4, -0.2) is 47.4 Å². The van der Waals surface area contributed by atoms with Gasteiger partial charge in [-0.15, -0.1) is 0 Å². The first kappa shape index (κ1) is 61.9. The van der Waals surface area contributed by atoms with E-state index >= 15 is 0 Å². The van der Waals surface area contributed by atoms with Crippen LogP contribution in [-0.2, 0) is 14.3 Å². The second kappa shape index (κ2) is 53.5. The van der Waals surface area contributed by atoms with Gasteiger partial charge in [-0.25, -0.2) is 0 Å². The number of aliphatic hydroxyl groups excluding tert-OH is 2. The van der Waals surface area contributed by atoms with Crippen molar-refractivity contribution in [1.82, 2.24) is 5.32 Å². The molecule has 0 saturated carbocycles. The molecule has 0 aliphatic carbocycles. The molecule has 6 nitrogen and oxygen atoms in total. The lowest BCUT2D eigenvalue weighted by atomic mass is 10.0. The second-order valence-corrected chi connectivity index (χ2v) is 20.0. The van der Waals surface area contributed by atoms with E-state index in [1.165, 1.54) is 238 Å². The van der Waals surface area contributed by atoms with E-state index in [1.54, 1.807) is 0 Å². The molecule has 0 radical (unpaired) electrons. The molecule has 0 aromatic rings. The van der Waals surface area contributed by atoms with Crippen LogP contribution in [0.25, 0.3) is 0 Å². The zero-order chi connectivity index (χ0) is 45.8. The highest BCUT2D eigenvalue weighted by Crippen LogP contribution is 2.18. The van der Waals surface area contributed by atoms with Gasteiger partial charge in [0.2, 0.25) is 5.91 Å². The van der Waals surface area contributed by atoms with E-state index in [0.717, 1.165) is 57.8 Å². The number of amides is 1. The Balaban J connectivity index is 3.45. The molecule has 0 aliphatic heterocycles. The molecule has 0 saturated heterocycles. The molecule has 6 heteroatoms. The minimum atomic E-state index is -0.681. The minimum absolute atomic E-state index is 0.0211. The molecule has 63 heavy (non-hydrogen) atoms. The Labute approximate surface area is 394 Å². The number of hydrogen-bond acceptors (Lipinski definition) is 5. The fourth-order valence-electron chi connectivity index (χ4n) is 9.23. The van der Waals surface area contributed by atoms with Crippen LogP contribution < -0.4 is 5.32 Å². The van der Waals surface area contributed by atoms with E-state index < -0.39 is 12.1 Å². The predicted octanol–water partition coefficient (Wildman–Crippen LogP) is 17.5. The summed E-state index contributed by atoms with van der Waals surface area (Å²) in [7, 11) is 0. The van der Waals surface area contributed by atoms with E-state index in [4.69, 9.17) is 4.74 Å². The van der Waals surface area contributed by atoms with Gasteiger partial charge in [-0.3, -0.25) is 9.59 Å². The van der Waals surface area contributed by atoms with Crippen molar-refractivity contribution in [2.24, 2.45) is 0 Å². The molecule has 0 aliphatic rings. The second-order valence-electron chi connectivity index (χ2n) is 20.0. The number of nitrogens with one attached hydrogen (secondary N) is 1. The molecule has 0 aromatic heterocycles. The lowest BCUT2D eigenvalue weighted by Crippen LogP contribution is -2.45. The summed E-state index contributed by atoms with van der Waals surface area (Å²) in [6.45, 7) is 4.92. The number of rotatable bonds is 54. The Bertz CT molecular complexity index is 898. The van der Waals surface area contributed by atoms with Gasteiger partial charge in [0.15, 0.2) is 0 Å². The van der Waals surface area contributed by atoms with E-state index in [1.807, 2.05) is 0 Å². The van der Waals surface area contributed by atoms with Crippen LogP contribution in [0, 0.1) is 0 Å².